The first-order valence-corrected chi connectivity index (χ1v) is 6.22. The van der Waals surface area contributed by atoms with Gasteiger partial charge < -0.3 is 0 Å². The Balaban J connectivity index is 2.68. The maximum absolute atomic E-state index is 9.05. The Morgan fingerprint density at radius 3 is 2.47 bits per heavy atom. The van der Waals surface area contributed by atoms with Crippen molar-refractivity contribution in [3.05, 3.63) is 35.4 Å². The molecule has 2 nitrogen and oxygen atoms in total. The van der Waals surface area contributed by atoms with Crippen molar-refractivity contribution in [3.8, 4) is 6.07 Å². The van der Waals surface area contributed by atoms with E-state index in [0.29, 0.717) is 12.0 Å². The monoisotopic (exact) mass is 230 g/mol. The van der Waals surface area contributed by atoms with Crippen LogP contribution in [-0.2, 0) is 6.54 Å². The summed E-state index contributed by atoms with van der Waals surface area (Å²) in [5.41, 5.74) is 1.91. The van der Waals surface area contributed by atoms with Gasteiger partial charge in [-0.1, -0.05) is 32.0 Å². The van der Waals surface area contributed by atoms with Crippen LogP contribution >= 0.6 is 0 Å². The zero-order valence-corrected chi connectivity index (χ0v) is 11.3. The minimum atomic E-state index is 0.543. The number of benzene rings is 1. The van der Waals surface area contributed by atoms with Crippen molar-refractivity contribution in [1.82, 2.24) is 4.90 Å². The van der Waals surface area contributed by atoms with Crippen LogP contribution in [0.1, 0.15) is 38.3 Å². The molecule has 0 fully saturated rings. The summed E-state index contributed by atoms with van der Waals surface area (Å²) in [6.07, 6.45) is 1.19. The molecule has 17 heavy (non-hydrogen) atoms. The molecule has 1 aromatic carbocycles. The molecular formula is C15H22N2. The molecule has 1 rings (SSSR count). The highest BCUT2D eigenvalue weighted by atomic mass is 15.1. The van der Waals surface area contributed by atoms with Crippen molar-refractivity contribution in [2.45, 2.75) is 39.8 Å². The average molecular weight is 230 g/mol. The maximum atomic E-state index is 9.05. The van der Waals surface area contributed by atoms with Crippen molar-refractivity contribution >= 4 is 0 Å². The fraction of sp³-hybridized carbons (Fsp3) is 0.533. The first kappa shape index (κ1) is 13.7. The summed E-state index contributed by atoms with van der Waals surface area (Å²) >= 11 is 0. The van der Waals surface area contributed by atoms with Gasteiger partial charge in [0, 0.05) is 12.6 Å². The van der Waals surface area contributed by atoms with Crippen LogP contribution in [0, 0.1) is 17.2 Å². The Labute approximate surface area is 105 Å². The van der Waals surface area contributed by atoms with E-state index in [2.05, 4.69) is 38.8 Å². The fourth-order valence-electron chi connectivity index (χ4n) is 2.05. The normalized spacial score (nSPS) is 12.8. The standard InChI is InChI=1S/C15H22N2/c1-12(2)9-13(3)17(4)11-15-8-6-5-7-14(15)10-16/h5-8,12-13H,9,11H2,1-4H3. The van der Waals surface area contributed by atoms with Crippen molar-refractivity contribution in [2.75, 3.05) is 7.05 Å². The Kier molecular flexibility index (Phi) is 5.18. The second-order valence-corrected chi connectivity index (χ2v) is 5.16. The predicted molar refractivity (Wildman–Crippen MR) is 71.5 cm³/mol. The molecule has 0 aliphatic rings. The Morgan fingerprint density at radius 2 is 1.88 bits per heavy atom. The third-order valence-electron chi connectivity index (χ3n) is 3.12. The molecule has 1 atom stereocenters. The number of rotatable bonds is 5. The molecule has 0 aliphatic carbocycles. The van der Waals surface area contributed by atoms with Crippen molar-refractivity contribution < 1.29 is 0 Å². The molecule has 92 valence electrons. The molecule has 0 bridgehead atoms. The third-order valence-corrected chi connectivity index (χ3v) is 3.12. The molecule has 0 amide bonds. The molecule has 0 saturated heterocycles. The molecule has 2 heteroatoms. The molecule has 1 aromatic rings. The second kappa shape index (κ2) is 6.42. The van der Waals surface area contributed by atoms with Gasteiger partial charge in [-0.15, -0.1) is 0 Å². The molecule has 0 radical (unpaired) electrons. The fourth-order valence-corrected chi connectivity index (χ4v) is 2.05. The summed E-state index contributed by atoms with van der Waals surface area (Å²) in [7, 11) is 2.13. The van der Waals surface area contributed by atoms with Crippen LogP contribution in [0.25, 0.3) is 0 Å². The van der Waals surface area contributed by atoms with E-state index >= 15 is 0 Å². The van der Waals surface area contributed by atoms with E-state index in [0.717, 1.165) is 17.7 Å². The van der Waals surface area contributed by atoms with Gasteiger partial charge in [-0.3, -0.25) is 4.90 Å². The van der Waals surface area contributed by atoms with Crippen LogP contribution in [-0.4, -0.2) is 18.0 Å². The van der Waals surface area contributed by atoms with E-state index in [1.807, 2.05) is 24.3 Å². The Bertz CT molecular complexity index is 390. The first-order valence-electron chi connectivity index (χ1n) is 6.22. The number of hydrogen-bond donors (Lipinski definition) is 0. The van der Waals surface area contributed by atoms with E-state index in [9.17, 15) is 0 Å². The van der Waals surface area contributed by atoms with Crippen molar-refractivity contribution in [3.63, 3.8) is 0 Å². The largest absolute Gasteiger partial charge is 0.299 e. The minimum absolute atomic E-state index is 0.543. The van der Waals surface area contributed by atoms with Crippen molar-refractivity contribution in [2.24, 2.45) is 5.92 Å². The molecule has 0 aliphatic heterocycles. The van der Waals surface area contributed by atoms with Crippen LogP contribution in [0.3, 0.4) is 0 Å². The number of hydrogen-bond acceptors (Lipinski definition) is 2. The zero-order chi connectivity index (χ0) is 12.8. The SMILES string of the molecule is CC(C)CC(C)N(C)Cc1ccccc1C#N. The first-order chi connectivity index (χ1) is 8.04. The van der Waals surface area contributed by atoms with Crippen LogP contribution in [0.15, 0.2) is 24.3 Å². The highest BCUT2D eigenvalue weighted by Crippen LogP contribution is 2.15. The maximum Gasteiger partial charge on any atom is 0.0995 e. The highest BCUT2D eigenvalue weighted by Gasteiger charge is 2.12. The lowest BCUT2D eigenvalue weighted by molar-refractivity contribution is 0.220. The quantitative estimate of drug-likeness (QED) is 0.775. The molecule has 0 spiro atoms. The van der Waals surface area contributed by atoms with Gasteiger partial charge in [0.15, 0.2) is 0 Å². The summed E-state index contributed by atoms with van der Waals surface area (Å²) in [4.78, 5) is 2.32. The van der Waals surface area contributed by atoms with E-state index in [-0.39, 0.29) is 0 Å². The number of nitriles is 1. The van der Waals surface area contributed by atoms with Gasteiger partial charge in [-0.2, -0.15) is 5.26 Å². The lowest BCUT2D eigenvalue weighted by Crippen LogP contribution is -2.30. The van der Waals surface area contributed by atoms with E-state index < -0.39 is 0 Å². The van der Waals surface area contributed by atoms with Gasteiger partial charge in [-0.25, -0.2) is 0 Å². The zero-order valence-electron chi connectivity index (χ0n) is 11.3. The smallest absolute Gasteiger partial charge is 0.0995 e. The van der Waals surface area contributed by atoms with Crippen LogP contribution in [0.4, 0.5) is 0 Å². The molecular weight excluding hydrogens is 208 g/mol. The summed E-state index contributed by atoms with van der Waals surface area (Å²) in [6.45, 7) is 7.58. The van der Waals surface area contributed by atoms with Crippen LogP contribution in [0.2, 0.25) is 0 Å². The highest BCUT2D eigenvalue weighted by molar-refractivity contribution is 5.37. The average Bonchev–Trinajstić information content (AvgIpc) is 2.28. The Morgan fingerprint density at radius 1 is 1.24 bits per heavy atom. The molecule has 0 heterocycles. The van der Waals surface area contributed by atoms with Gasteiger partial charge >= 0.3 is 0 Å². The third kappa shape index (κ3) is 4.20. The van der Waals surface area contributed by atoms with Gasteiger partial charge in [0.25, 0.3) is 0 Å². The molecule has 1 unspecified atom stereocenters. The van der Waals surface area contributed by atoms with Gasteiger partial charge in [0.05, 0.1) is 11.6 Å². The summed E-state index contributed by atoms with van der Waals surface area (Å²) in [5, 5.41) is 9.05. The molecule has 0 saturated carbocycles. The predicted octanol–water partition coefficient (Wildman–Crippen LogP) is 3.42. The topological polar surface area (TPSA) is 27.0 Å². The van der Waals surface area contributed by atoms with E-state index in [1.54, 1.807) is 0 Å². The van der Waals surface area contributed by atoms with Gasteiger partial charge in [0.1, 0.15) is 0 Å². The van der Waals surface area contributed by atoms with Gasteiger partial charge in [-0.05, 0) is 37.9 Å². The Hall–Kier alpha value is -1.33. The lowest BCUT2D eigenvalue weighted by Gasteiger charge is -2.26. The lowest BCUT2D eigenvalue weighted by atomic mass is 10.0. The van der Waals surface area contributed by atoms with Gasteiger partial charge in [0.2, 0.25) is 0 Å². The summed E-state index contributed by atoms with van der Waals surface area (Å²) in [6, 6.07) is 10.6. The van der Waals surface area contributed by atoms with E-state index in [4.69, 9.17) is 5.26 Å². The van der Waals surface area contributed by atoms with Crippen LogP contribution < -0.4 is 0 Å². The molecule has 0 N–H and O–H groups in total. The summed E-state index contributed by atoms with van der Waals surface area (Å²) in [5.74, 6) is 0.707. The van der Waals surface area contributed by atoms with E-state index in [1.165, 1.54) is 6.42 Å². The molecule has 0 aromatic heterocycles. The van der Waals surface area contributed by atoms with Crippen LogP contribution in [0.5, 0.6) is 0 Å². The van der Waals surface area contributed by atoms with Crippen molar-refractivity contribution in [1.29, 1.82) is 5.26 Å². The summed E-state index contributed by atoms with van der Waals surface area (Å²) < 4.78 is 0. The number of nitrogens with zero attached hydrogens (tertiary/aromatic N) is 2. The minimum Gasteiger partial charge on any atom is -0.299 e. The second-order valence-electron chi connectivity index (χ2n) is 5.16.